The van der Waals surface area contributed by atoms with Gasteiger partial charge in [-0.05, 0) is 72.2 Å². The van der Waals surface area contributed by atoms with Crippen LogP contribution in [0.5, 0.6) is 11.5 Å². The molecule has 0 aliphatic carbocycles. The summed E-state index contributed by atoms with van der Waals surface area (Å²) < 4.78 is 12.1. The van der Waals surface area contributed by atoms with Gasteiger partial charge in [-0.25, -0.2) is 10.4 Å². The maximum Gasteiger partial charge on any atom is 0.271 e. The van der Waals surface area contributed by atoms with E-state index in [4.69, 9.17) is 21.1 Å². The predicted octanol–water partition coefficient (Wildman–Crippen LogP) is 7.53. The minimum Gasteiger partial charge on any atom is -0.493 e. The van der Waals surface area contributed by atoms with E-state index in [2.05, 4.69) is 36.8 Å². The van der Waals surface area contributed by atoms with Crippen molar-refractivity contribution in [2.45, 2.75) is 13.8 Å². The molecule has 0 aliphatic rings. The number of amides is 1. The second kappa shape index (κ2) is 12.7. The van der Waals surface area contributed by atoms with Gasteiger partial charge >= 0.3 is 0 Å². The van der Waals surface area contributed by atoms with E-state index >= 15 is 0 Å². The van der Waals surface area contributed by atoms with Gasteiger partial charge in [-0.1, -0.05) is 23.7 Å². The molecule has 0 saturated heterocycles. The Kier molecular flexibility index (Phi) is 9.16. The molecule has 3 aromatic carbocycles. The van der Waals surface area contributed by atoms with Gasteiger partial charge in [-0.3, -0.25) is 4.79 Å². The summed E-state index contributed by atoms with van der Waals surface area (Å²) in [7, 11) is 0. The molecule has 0 spiro atoms. The molecule has 0 atom stereocenters. The Morgan fingerprint density at radius 3 is 2.46 bits per heavy atom. The Morgan fingerprint density at radius 2 is 1.76 bits per heavy atom. The molecular formula is C27H24BrClN4O3S. The zero-order valence-electron chi connectivity index (χ0n) is 20.1. The summed E-state index contributed by atoms with van der Waals surface area (Å²) in [4.78, 5) is 17.2. The molecule has 1 aromatic heterocycles. The highest BCUT2D eigenvalue weighted by atomic mass is 79.9. The summed E-state index contributed by atoms with van der Waals surface area (Å²) in [5, 5.41) is 10.8. The summed E-state index contributed by atoms with van der Waals surface area (Å²) in [6, 6.07) is 18.3. The van der Waals surface area contributed by atoms with Gasteiger partial charge in [0.15, 0.2) is 5.13 Å². The Hall–Kier alpha value is -3.40. The quantitative estimate of drug-likeness (QED) is 0.145. The monoisotopic (exact) mass is 598 g/mol. The SMILES string of the molecule is CCOc1cc(OCC)c(/C=N\NC(=O)c2ccc(-c3csc(Nc4ccc(Cl)cc4)n3)cc2)cc1Br. The molecule has 0 bridgehead atoms. The molecule has 1 heterocycles. The van der Waals surface area contributed by atoms with E-state index in [0.29, 0.717) is 40.9 Å². The number of hydrogen-bond acceptors (Lipinski definition) is 7. The third kappa shape index (κ3) is 7.09. The van der Waals surface area contributed by atoms with Gasteiger partial charge < -0.3 is 14.8 Å². The second-order valence-electron chi connectivity index (χ2n) is 7.63. The van der Waals surface area contributed by atoms with Crippen LogP contribution in [0, 0.1) is 0 Å². The normalized spacial score (nSPS) is 10.9. The summed E-state index contributed by atoms with van der Waals surface area (Å²) in [5.74, 6) is 0.971. The van der Waals surface area contributed by atoms with Crippen LogP contribution in [0.25, 0.3) is 11.3 Å². The molecule has 0 radical (unpaired) electrons. The van der Waals surface area contributed by atoms with E-state index in [-0.39, 0.29) is 5.91 Å². The molecule has 4 aromatic rings. The van der Waals surface area contributed by atoms with Crippen molar-refractivity contribution >= 4 is 61.8 Å². The fraction of sp³-hybridized carbons (Fsp3) is 0.148. The number of hydrazone groups is 1. The van der Waals surface area contributed by atoms with Crippen molar-refractivity contribution < 1.29 is 14.3 Å². The molecule has 190 valence electrons. The van der Waals surface area contributed by atoms with Crippen LogP contribution in [0.2, 0.25) is 5.02 Å². The minimum atomic E-state index is -0.325. The molecule has 4 rings (SSSR count). The maximum absolute atomic E-state index is 12.6. The third-order valence-corrected chi connectivity index (χ3v) is 6.71. The highest BCUT2D eigenvalue weighted by Crippen LogP contribution is 2.32. The number of aromatic nitrogens is 1. The van der Waals surface area contributed by atoms with Crippen molar-refractivity contribution in [2.24, 2.45) is 5.10 Å². The number of hydrogen-bond donors (Lipinski definition) is 2. The van der Waals surface area contributed by atoms with E-state index in [1.54, 1.807) is 24.4 Å². The van der Waals surface area contributed by atoms with Gasteiger partial charge in [0.25, 0.3) is 5.91 Å². The molecule has 7 nitrogen and oxygen atoms in total. The van der Waals surface area contributed by atoms with Gasteiger partial charge in [0, 0.05) is 38.8 Å². The van der Waals surface area contributed by atoms with Crippen molar-refractivity contribution in [1.82, 2.24) is 10.4 Å². The van der Waals surface area contributed by atoms with Crippen LogP contribution in [0.3, 0.4) is 0 Å². The van der Waals surface area contributed by atoms with Crippen LogP contribution < -0.4 is 20.2 Å². The lowest BCUT2D eigenvalue weighted by molar-refractivity contribution is 0.0955. The molecule has 10 heteroatoms. The van der Waals surface area contributed by atoms with Crippen molar-refractivity contribution in [3.05, 3.63) is 86.7 Å². The van der Waals surface area contributed by atoms with Crippen molar-refractivity contribution in [3.63, 3.8) is 0 Å². The lowest BCUT2D eigenvalue weighted by atomic mass is 10.1. The number of carbonyl (C=O) groups excluding carboxylic acids is 1. The van der Waals surface area contributed by atoms with Crippen molar-refractivity contribution in [2.75, 3.05) is 18.5 Å². The molecule has 0 unspecified atom stereocenters. The standard InChI is InChI=1S/C27H24BrClN4O3S/c1-3-35-24-14-25(36-4-2)22(28)13-19(24)15-30-33-26(34)18-7-5-17(6-8-18)23-16-37-27(32-23)31-21-11-9-20(29)10-12-21/h5-16H,3-4H2,1-2H3,(H,31,32)(H,33,34)/b30-15-. The first kappa shape index (κ1) is 26.7. The average molecular weight is 600 g/mol. The number of carbonyl (C=O) groups is 1. The molecular weight excluding hydrogens is 576 g/mol. The van der Waals surface area contributed by atoms with Crippen LogP contribution in [-0.2, 0) is 0 Å². The van der Waals surface area contributed by atoms with E-state index in [0.717, 1.165) is 26.5 Å². The number of halogens is 2. The van der Waals surface area contributed by atoms with Crippen molar-refractivity contribution in [3.8, 4) is 22.8 Å². The van der Waals surface area contributed by atoms with E-state index in [1.165, 1.54) is 11.3 Å². The second-order valence-corrected chi connectivity index (χ2v) is 9.78. The zero-order valence-corrected chi connectivity index (χ0v) is 23.3. The first-order chi connectivity index (χ1) is 18.0. The van der Waals surface area contributed by atoms with Gasteiger partial charge in [-0.2, -0.15) is 5.10 Å². The van der Waals surface area contributed by atoms with E-state index < -0.39 is 0 Å². The number of ether oxygens (including phenoxy) is 2. The number of thiazole rings is 1. The zero-order chi connectivity index (χ0) is 26.2. The summed E-state index contributed by atoms with van der Waals surface area (Å²) >= 11 is 10.9. The molecule has 2 N–H and O–H groups in total. The number of nitrogens with zero attached hydrogens (tertiary/aromatic N) is 2. The van der Waals surface area contributed by atoms with Gasteiger partial charge in [0.05, 0.1) is 29.6 Å². The fourth-order valence-electron chi connectivity index (χ4n) is 3.34. The number of benzene rings is 3. The largest absolute Gasteiger partial charge is 0.493 e. The van der Waals surface area contributed by atoms with Crippen LogP contribution >= 0.6 is 38.9 Å². The Labute approximate surface area is 232 Å². The smallest absolute Gasteiger partial charge is 0.271 e. The third-order valence-electron chi connectivity index (χ3n) is 5.08. The highest BCUT2D eigenvalue weighted by molar-refractivity contribution is 9.10. The Morgan fingerprint density at radius 1 is 1.05 bits per heavy atom. The van der Waals surface area contributed by atoms with Gasteiger partial charge in [0.2, 0.25) is 0 Å². The average Bonchev–Trinajstić information content (AvgIpc) is 3.36. The fourth-order valence-corrected chi connectivity index (χ4v) is 4.68. The topological polar surface area (TPSA) is 84.8 Å². The van der Waals surface area contributed by atoms with Crippen LogP contribution in [0.15, 0.2) is 75.6 Å². The first-order valence-corrected chi connectivity index (χ1v) is 13.5. The Balaban J connectivity index is 1.39. The van der Waals surface area contributed by atoms with Gasteiger partial charge in [-0.15, -0.1) is 11.3 Å². The Bertz CT molecular complexity index is 1390. The van der Waals surface area contributed by atoms with Crippen LogP contribution in [0.1, 0.15) is 29.8 Å². The molecule has 0 fully saturated rings. The number of rotatable bonds is 10. The molecule has 1 amide bonds. The van der Waals surface area contributed by atoms with E-state index in [9.17, 15) is 4.79 Å². The van der Waals surface area contributed by atoms with Crippen molar-refractivity contribution in [1.29, 1.82) is 0 Å². The summed E-state index contributed by atoms with van der Waals surface area (Å²) in [6.07, 6.45) is 1.54. The molecule has 37 heavy (non-hydrogen) atoms. The maximum atomic E-state index is 12.6. The summed E-state index contributed by atoms with van der Waals surface area (Å²) in [5.41, 5.74) is 6.38. The van der Waals surface area contributed by atoms with Crippen LogP contribution in [0.4, 0.5) is 10.8 Å². The lowest BCUT2D eigenvalue weighted by Gasteiger charge is -2.12. The predicted molar refractivity (Wildman–Crippen MR) is 154 cm³/mol. The molecule has 0 aliphatic heterocycles. The molecule has 0 saturated carbocycles. The highest BCUT2D eigenvalue weighted by Gasteiger charge is 2.11. The van der Waals surface area contributed by atoms with E-state index in [1.807, 2.05) is 61.7 Å². The number of anilines is 2. The first-order valence-electron chi connectivity index (χ1n) is 11.5. The summed E-state index contributed by atoms with van der Waals surface area (Å²) in [6.45, 7) is 4.84. The van der Waals surface area contributed by atoms with Crippen LogP contribution in [-0.4, -0.2) is 30.3 Å². The number of nitrogens with one attached hydrogen (secondary N) is 2. The minimum absolute atomic E-state index is 0.325. The lowest BCUT2D eigenvalue weighted by Crippen LogP contribution is -2.17. The van der Waals surface area contributed by atoms with Gasteiger partial charge in [0.1, 0.15) is 11.5 Å².